The number of hydrogen-bond donors (Lipinski definition) is 4. The van der Waals surface area contributed by atoms with Crippen LogP contribution in [0.4, 0.5) is 16.3 Å². The molecule has 0 aliphatic carbocycles. The molecule has 1 amide bonds. The second kappa shape index (κ2) is 15.0. The van der Waals surface area contributed by atoms with Crippen molar-refractivity contribution >= 4 is 52.0 Å². The van der Waals surface area contributed by atoms with E-state index in [1.165, 1.54) is 9.13 Å². The highest BCUT2D eigenvalue weighted by molar-refractivity contribution is 6.29. The maximum atomic E-state index is 13.5. The van der Waals surface area contributed by atoms with Gasteiger partial charge in [0, 0.05) is 32.7 Å². The second-order valence-corrected chi connectivity index (χ2v) is 11.6. The summed E-state index contributed by atoms with van der Waals surface area (Å²) in [5.74, 6) is 0.0384. The fraction of sp³-hybridized carbons (Fsp3) is 0.630. The standard InChI is InChI=1S/C27H40Cl2N10O6/c1-3-5-7-12-34-19-17(31-23(28)33-19)21(40)37(25(34)42)15-10-16-38(27(44)45)39-20-18(32-24(39)29)22(41)36(14-9-11-30)26(43)35(20)13-8-6-4-2/h24,32H,3-16,30H2,1-2H3,(H,31,33)(H,44,45). The highest BCUT2D eigenvalue weighted by atomic mass is 35.5. The SMILES string of the molecule is CCCCCn1c2c(c(=O)n(CCCN)c1=O)NC(Cl)N2N(CCCn1c(=O)c2[nH]c(Cl)nc2n(CCCCC)c1=O)C(=O)O. The molecule has 1 unspecified atom stereocenters. The molecule has 16 nitrogen and oxygen atoms in total. The molecule has 0 saturated heterocycles. The molecule has 3 aromatic heterocycles. The molecule has 0 radical (unpaired) electrons. The number of rotatable bonds is 16. The van der Waals surface area contributed by atoms with Crippen molar-refractivity contribution < 1.29 is 9.90 Å². The number of carbonyl (C=O) groups is 1. The van der Waals surface area contributed by atoms with Crippen LogP contribution >= 0.6 is 23.2 Å². The fourth-order valence-electron chi connectivity index (χ4n) is 5.48. The largest absolute Gasteiger partial charge is 0.464 e. The minimum atomic E-state index is -1.41. The highest BCUT2D eigenvalue weighted by Gasteiger charge is 2.40. The van der Waals surface area contributed by atoms with E-state index in [-0.39, 0.29) is 67.1 Å². The van der Waals surface area contributed by atoms with Gasteiger partial charge in [-0.15, -0.1) is 0 Å². The molecule has 0 bridgehead atoms. The van der Waals surface area contributed by atoms with Crippen LogP contribution in [-0.2, 0) is 26.2 Å². The van der Waals surface area contributed by atoms with Gasteiger partial charge >= 0.3 is 17.5 Å². The summed E-state index contributed by atoms with van der Waals surface area (Å²) in [6, 6.07) is 0. The zero-order chi connectivity index (χ0) is 32.8. The van der Waals surface area contributed by atoms with Crippen molar-refractivity contribution in [2.75, 3.05) is 23.4 Å². The van der Waals surface area contributed by atoms with Gasteiger partial charge in [0.25, 0.3) is 11.1 Å². The number of hydrogen-bond acceptors (Lipinski definition) is 9. The quantitative estimate of drug-likeness (QED) is 0.0759. The third-order valence-electron chi connectivity index (χ3n) is 7.72. The number of nitrogens with two attached hydrogens (primary N) is 1. The summed E-state index contributed by atoms with van der Waals surface area (Å²) in [7, 11) is 0. The number of amides is 1. The predicted octanol–water partition coefficient (Wildman–Crippen LogP) is 2.33. The number of imidazole rings is 1. The number of unbranched alkanes of at least 4 members (excludes halogenated alkanes) is 4. The molecule has 4 heterocycles. The van der Waals surface area contributed by atoms with E-state index in [1.807, 2.05) is 13.8 Å². The minimum absolute atomic E-state index is 0.00197. The number of aromatic nitrogens is 6. The van der Waals surface area contributed by atoms with E-state index in [1.54, 1.807) is 0 Å². The Labute approximate surface area is 267 Å². The lowest BCUT2D eigenvalue weighted by molar-refractivity contribution is 0.137. The summed E-state index contributed by atoms with van der Waals surface area (Å²) in [5, 5.41) is 15.1. The number of alkyl halides is 1. The molecule has 1 aliphatic rings. The number of H-pyrrole nitrogens is 1. The first-order chi connectivity index (χ1) is 21.6. The topological polar surface area (TPSA) is 199 Å². The molecule has 3 aromatic rings. The summed E-state index contributed by atoms with van der Waals surface area (Å²) in [4.78, 5) is 73.0. The second-order valence-electron chi connectivity index (χ2n) is 10.8. The summed E-state index contributed by atoms with van der Waals surface area (Å²) >= 11 is 12.6. The average Bonchev–Trinajstić information content (AvgIpc) is 3.56. The molecule has 248 valence electrons. The van der Waals surface area contributed by atoms with Crippen LogP contribution in [0.5, 0.6) is 0 Å². The molecule has 45 heavy (non-hydrogen) atoms. The van der Waals surface area contributed by atoms with Crippen LogP contribution in [0.25, 0.3) is 11.2 Å². The third kappa shape index (κ3) is 6.92. The van der Waals surface area contributed by atoms with E-state index in [2.05, 4.69) is 15.3 Å². The van der Waals surface area contributed by atoms with Gasteiger partial charge in [-0.05, 0) is 43.8 Å². The van der Waals surface area contributed by atoms with Gasteiger partial charge in [-0.3, -0.25) is 27.9 Å². The number of fused-ring (bicyclic) bond motifs is 2. The number of halogens is 2. The van der Waals surface area contributed by atoms with Crippen molar-refractivity contribution in [2.24, 2.45) is 5.73 Å². The molecule has 0 saturated carbocycles. The van der Waals surface area contributed by atoms with E-state index in [0.717, 1.165) is 44.8 Å². The molecule has 0 spiro atoms. The number of anilines is 2. The van der Waals surface area contributed by atoms with E-state index < -0.39 is 34.2 Å². The molecule has 18 heteroatoms. The third-order valence-corrected chi connectivity index (χ3v) is 8.19. The average molecular weight is 672 g/mol. The predicted molar refractivity (Wildman–Crippen MR) is 172 cm³/mol. The van der Waals surface area contributed by atoms with Crippen LogP contribution in [0.2, 0.25) is 5.28 Å². The van der Waals surface area contributed by atoms with Gasteiger partial charge < -0.3 is 21.1 Å². The van der Waals surface area contributed by atoms with Crippen molar-refractivity contribution in [2.45, 2.75) is 97.0 Å². The lowest BCUT2D eigenvalue weighted by Gasteiger charge is -2.33. The monoisotopic (exact) mass is 670 g/mol. The van der Waals surface area contributed by atoms with Crippen LogP contribution in [0, 0.1) is 0 Å². The molecular formula is C27H40Cl2N10O6. The zero-order valence-corrected chi connectivity index (χ0v) is 26.9. The number of hydrazine groups is 1. The van der Waals surface area contributed by atoms with Crippen molar-refractivity contribution in [1.82, 2.24) is 33.2 Å². The van der Waals surface area contributed by atoms with E-state index in [0.29, 0.717) is 25.8 Å². The lowest BCUT2D eigenvalue weighted by Crippen LogP contribution is -2.52. The smallest absolute Gasteiger partial charge is 0.426 e. The van der Waals surface area contributed by atoms with Crippen molar-refractivity contribution in [1.29, 1.82) is 0 Å². The highest BCUT2D eigenvalue weighted by Crippen LogP contribution is 2.34. The van der Waals surface area contributed by atoms with Crippen LogP contribution in [0.15, 0.2) is 19.2 Å². The van der Waals surface area contributed by atoms with Crippen LogP contribution < -0.4 is 38.6 Å². The van der Waals surface area contributed by atoms with Gasteiger partial charge in [-0.25, -0.2) is 24.4 Å². The maximum Gasteiger partial charge on any atom is 0.426 e. The number of carboxylic acid groups (broad SMARTS) is 1. The van der Waals surface area contributed by atoms with E-state index >= 15 is 0 Å². The fourth-order valence-corrected chi connectivity index (χ4v) is 5.96. The Hall–Kier alpha value is -3.76. The molecule has 0 fully saturated rings. The van der Waals surface area contributed by atoms with Gasteiger partial charge in [-0.2, -0.15) is 4.98 Å². The van der Waals surface area contributed by atoms with Gasteiger partial charge in [-0.1, -0.05) is 51.1 Å². The Kier molecular flexibility index (Phi) is 11.4. The van der Waals surface area contributed by atoms with Crippen LogP contribution in [0.1, 0.15) is 65.2 Å². The Morgan fingerprint density at radius 2 is 1.47 bits per heavy atom. The molecule has 1 atom stereocenters. The number of nitrogens with zero attached hydrogens (tertiary/aromatic N) is 7. The van der Waals surface area contributed by atoms with Crippen molar-refractivity contribution in [3.05, 3.63) is 47.0 Å². The molecule has 5 N–H and O–H groups in total. The van der Waals surface area contributed by atoms with E-state index in [4.69, 9.17) is 28.9 Å². The van der Waals surface area contributed by atoms with Crippen LogP contribution in [0.3, 0.4) is 0 Å². The number of aryl methyl sites for hydroxylation is 1. The van der Waals surface area contributed by atoms with Gasteiger partial charge in [0.2, 0.25) is 5.28 Å². The molecule has 0 aromatic carbocycles. The van der Waals surface area contributed by atoms with Gasteiger partial charge in [0.15, 0.2) is 22.6 Å². The lowest BCUT2D eigenvalue weighted by atomic mass is 10.2. The van der Waals surface area contributed by atoms with Crippen molar-refractivity contribution in [3.63, 3.8) is 0 Å². The molecule has 1 aliphatic heterocycles. The maximum absolute atomic E-state index is 13.5. The van der Waals surface area contributed by atoms with E-state index in [9.17, 15) is 29.1 Å². The number of nitrogens with one attached hydrogen (secondary N) is 2. The first-order valence-electron chi connectivity index (χ1n) is 15.2. The zero-order valence-electron chi connectivity index (χ0n) is 25.4. The summed E-state index contributed by atoms with van der Waals surface area (Å²) < 4.78 is 4.86. The molecule has 4 rings (SSSR count). The number of aromatic amines is 1. The first-order valence-corrected chi connectivity index (χ1v) is 16.0. The van der Waals surface area contributed by atoms with Gasteiger partial charge in [0.05, 0.1) is 0 Å². The normalized spacial score (nSPS) is 14.2. The van der Waals surface area contributed by atoms with Crippen LogP contribution in [-0.4, -0.2) is 63.2 Å². The first kappa shape index (κ1) is 34.1. The van der Waals surface area contributed by atoms with Crippen molar-refractivity contribution in [3.8, 4) is 0 Å². The molecular weight excluding hydrogens is 631 g/mol. The Bertz CT molecular complexity index is 1760. The Balaban J connectivity index is 1.69. The Morgan fingerprint density at radius 3 is 2.09 bits per heavy atom. The minimum Gasteiger partial charge on any atom is -0.464 e. The summed E-state index contributed by atoms with van der Waals surface area (Å²) in [6.45, 7) is 4.62. The summed E-state index contributed by atoms with van der Waals surface area (Å²) in [5.41, 5.74) is 2.21. The summed E-state index contributed by atoms with van der Waals surface area (Å²) in [6.07, 6.45) is 3.78. The van der Waals surface area contributed by atoms with Gasteiger partial charge in [0.1, 0.15) is 5.69 Å². The Morgan fingerprint density at radius 1 is 0.889 bits per heavy atom.